The number of pyridine rings is 1. The Bertz CT molecular complexity index is 1020. The van der Waals surface area contributed by atoms with E-state index in [4.69, 9.17) is 11.6 Å². The monoisotopic (exact) mass is 324 g/mol. The van der Waals surface area contributed by atoms with E-state index in [9.17, 15) is 0 Å². The molecule has 3 aromatic heterocycles. The number of H-pyrrole nitrogens is 1. The quantitative estimate of drug-likeness (QED) is 0.612. The summed E-state index contributed by atoms with van der Waals surface area (Å²) in [4.78, 5) is 22.8. The fourth-order valence-corrected chi connectivity index (χ4v) is 2.72. The van der Waals surface area contributed by atoms with Gasteiger partial charge in [0, 0.05) is 25.7 Å². The van der Waals surface area contributed by atoms with Crippen molar-refractivity contribution < 1.29 is 0 Å². The summed E-state index contributed by atoms with van der Waals surface area (Å²) >= 11 is 6.40. The fraction of sp³-hybridized carbons (Fsp3) is 0.125. The van der Waals surface area contributed by atoms with Gasteiger partial charge >= 0.3 is 0 Å². The second kappa shape index (κ2) is 5.17. The average molecular weight is 325 g/mol. The molecule has 0 aliphatic rings. The van der Waals surface area contributed by atoms with E-state index in [1.165, 1.54) is 0 Å². The van der Waals surface area contributed by atoms with Crippen LogP contribution in [0.2, 0.25) is 5.02 Å². The number of benzene rings is 1. The van der Waals surface area contributed by atoms with Crippen LogP contribution in [-0.4, -0.2) is 39.0 Å². The van der Waals surface area contributed by atoms with Crippen LogP contribution in [0.25, 0.3) is 33.5 Å². The third-order valence-electron chi connectivity index (χ3n) is 3.59. The van der Waals surface area contributed by atoms with Crippen molar-refractivity contribution in [2.24, 2.45) is 0 Å². The molecule has 0 unspecified atom stereocenters. The number of nitrogens with one attached hydrogen (secondary N) is 1. The first kappa shape index (κ1) is 13.9. The number of aromatic nitrogens is 5. The molecule has 23 heavy (non-hydrogen) atoms. The molecule has 0 amide bonds. The molecule has 4 aromatic rings. The number of halogens is 1. The molecule has 0 saturated heterocycles. The third-order valence-corrected chi connectivity index (χ3v) is 3.90. The summed E-state index contributed by atoms with van der Waals surface area (Å²) in [5.41, 5.74) is 2.94. The second-order valence-electron chi connectivity index (χ2n) is 5.38. The topological polar surface area (TPSA) is 70.6 Å². The molecule has 0 spiro atoms. The van der Waals surface area contributed by atoms with Crippen LogP contribution >= 0.6 is 11.6 Å². The van der Waals surface area contributed by atoms with Crippen molar-refractivity contribution in [3.05, 3.63) is 41.7 Å². The zero-order chi connectivity index (χ0) is 16.0. The maximum Gasteiger partial charge on any atom is 0.226 e. The lowest BCUT2D eigenvalue weighted by atomic mass is 10.1. The maximum atomic E-state index is 6.40. The van der Waals surface area contributed by atoms with Gasteiger partial charge in [-0.3, -0.25) is 4.98 Å². The summed E-state index contributed by atoms with van der Waals surface area (Å²) in [6.45, 7) is 0. The lowest BCUT2D eigenvalue weighted by molar-refractivity contribution is 1.01. The van der Waals surface area contributed by atoms with Crippen molar-refractivity contribution in [1.29, 1.82) is 0 Å². The molecular weight excluding hydrogens is 312 g/mol. The second-order valence-corrected chi connectivity index (χ2v) is 5.79. The summed E-state index contributed by atoms with van der Waals surface area (Å²) in [5, 5.41) is 1.60. The molecule has 114 valence electrons. The predicted molar refractivity (Wildman–Crippen MR) is 91.8 cm³/mol. The van der Waals surface area contributed by atoms with Gasteiger partial charge in [-0.05, 0) is 12.1 Å². The highest BCUT2D eigenvalue weighted by atomic mass is 35.5. The SMILES string of the molecule is CN(C)c1ncc2[nH]c(-c3c(Cl)ccc4cccnc34)nc2n1. The van der Waals surface area contributed by atoms with Gasteiger partial charge in [-0.1, -0.05) is 23.7 Å². The van der Waals surface area contributed by atoms with Crippen LogP contribution < -0.4 is 4.90 Å². The lowest BCUT2D eigenvalue weighted by Gasteiger charge is -2.07. The van der Waals surface area contributed by atoms with E-state index in [0.29, 0.717) is 22.4 Å². The van der Waals surface area contributed by atoms with E-state index in [2.05, 4.69) is 24.9 Å². The molecule has 0 aliphatic carbocycles. The Balaban J connectivity index is 1.97. The number of imidazole rings is 1. The van der Waals surface area contributed by atoms with Gasteiger partial charge in [-0.25, -0.2) is 9.97 Å². The van der Waals surface area contributed by atoms with E-state index in [-0.39, 0.29) is 0 Å². The van der Waals surface area contributed by atoms with E-state index in [0.717, 1.165) is 22.0 Å². The largest absolute Gasteiger partial charge is 0.347 e. The zero-order valence-corrected chi connectivity index (χ0v) is 13.3. The standard InChI is InChI=1S/C16H13ClN6/c1-23(2)16-19-8-11-14(22-16)21-15(20-11)12-10(17)6-5-9-4-3-7-18-13(9)12/h3-8H,1-2H3,(H,19,20,21,22). The minimum Gasteiger partial charge on any atom is -0.347 e. The van der Waals surface area contributed by atoms with Gasteiger partial charge in [-0.15, -0.1) is 0 Å². The average Bonchev–Trinajstić information content (AvgIpc) is 2.97. The fourth-order valence-electron chi connectivity index (χ4n) is 2.48. The molecule has 1 N–H and O–H groups in total. The van der Waals surface area contributed by atoms with Crippen molar-refractivity contribution in [2.75, 3.05) is 19.0 Å². The minimum absolute atomic E-state index is 0.594. The van der Waals surface area contributed by atoms with E-state index in [1.807, 2.05) is 43.3 Å². The van der Waals surface area contributed by atoms with Crippen LogP contribution in [0.3, 0.4) is 0 Å². The van der Waals surface area contributed by atoms with Gasteiger partial charge in [0.1, 0.15) is 11.3 Å². The number of hydrogen-bond acceptors (Lipinski definition) is 5. The van der Waals surface area contributed by atoms with Crippen LogP contribution in [0.1, 0.15) is 0 Å². The van der Waals surface area contributed by atoms with Crippen LogP contribution in [-0.2, 0) is 0 Å². The first-order valence-corrected chi connectivity index (χ1v) is 7.45. The van der Waals surface area contributed by atoms with Crippen LogP contribution in [0.15, 0.2) is 36.7 Å². The zero-order valence-electron chi connectivity index (χ0n) is 12.6. The molecule has 0 fully saturated rings. The Morgan fingerprint density at radius 1 is 1.09 bits per heavy atom. The smallest absolute Gasteiger partial charge is 0.226 e. The number of nitrogens with zero attached hydrogens (tertiary/aromatic N) is 5. The molecule has 0 saturated carbocycles. The predicted octanol–water partition coefficient (Wildman–Crippen LogP) is 3.29. The Labute approximate surface area is 137 Å². The molecule has 1 aromatic carbocycles. The molecular formula is C16H13ClN6. The summed E-state index contributed by atoms with van der Waals surface area (Å²) in [6.07, 6.45) is 3.47. The van der Waals surface area contributed by atoms with E-state index >= 15 is 0 Å². The molecule has 7 heteroatoms. The first-order valence-electron chi connectivity index (χ1n) is 7.07. The van der Waals surface area contributed by atoms with Crippen LogP contribution in [0, 0.1) is 0 Å². The molecule has 4 rings (SSSR count). The van der Waals surface area contributed by atoms with Crippen molar-refractivity contribution in [3.8, 4) is 11.4 Å². The van der Waals surface area contributed by atoms with Gasteiger partial charge < -0.3 is 9.88 Å². The Hall–Kier alpha value is -2.73. The Morgan fingerprint density at radius 2 is 1.96 bits per heavy atom. The summed E-state index contributed by atoms with van der Waals surface area (Å²) in [7, 11) is 3.78. The van der Waals surface area contributed by atoms with Gasteiger partial charge in [0.2, 0.25) is 5.95 Å². The number of aromatic amines is 1. The van der Waals surface area contributed by atoms with Crippen molar-refractivity contribution in [2.45, 2.75) is 0 Å². The highest BCUT2D eigenvalue weighted by Gasteiger charge is 2.15. The van der Waals surface area contributed by atoms with Gasteiger partial charge in [-0.2, -0.15) is 4.98 Å². The van der Waals surface area contributed by atoms with E-state index < -0.39 is 0 Å². The summed E-state index contributed by atoms with van der Waals surface area (Å²) in [6, 6.07) is 7.69. The molecule has 3 heterocycles. The molecule has 0 radical (unpaired) electrons. The lowest BCUT2D eigenvalue weighted by Crippen LogP contribution is -2.12. The van der Waals surface area contributed by atoms with Crippen molar-refractivity contribution in [1.82, 2.24) is 24.9 Å². The molecule has 0 bridgehead atoms. The molecule has 6 nitrogen and oxygen atoms in total. The highest BCUT2D eigenvalue weighted by Crippen LogP contribution is 2.33. The normalized spacial score (nSPS) is 11.3. The van der Waals surface area contributed by atoms with Crippen LogP contribution in [0.5, 0.6) is 0 Å². The first-order chi connectivity index (χ1) is 11.1. The minimum atomic E-state index is 0.594. The number of rotatable bonds is 2. The molecule has 0 atom stereocenters. The van der Waals surface area contributed by atoms with Gasteiger partial charge in [0.25, 0.3) is 0 Å². The highest BCUT2D eigenvalue weighted by molar-refractivity contribution is 6.34. The maximum absolute atomic E-state index is 6.40. The summed E-state index contributed by atoms with van der Waals surface area (Å²) < 4.78 is 0. The van der Waals surface area contributed by atoms with Gasteiger partial charge in [0.15, 0.2) is 5.65 Å². The van der Waals surface area contributed by atoms with Crippen molar-refractivity contribution >= 4 is 39.6 Å². The molecule has 0 aliphatic heterocycles. The number of anilines is 1. The van der Waals surface area contributed by atoms with Crippen molar-refractivity contribution in [3.63, 3.8) is 0 Å². The Kier molecular flexibility index (Phi) is 3.12. The Morgan fingerprint density at radius 3 is 2.78 bits per heavy atom. The third kappa shape index (κ3) is 2.27. The number of hydrogen-bond donors (Lipinski definition) is 1. The van der Waals surface area contributed by atoms with Crippen LogP contribution in [0.4, 0.5) is 5.95 Å². The summed E-state index contributed by atoms with van der Waals surface area (Å²) in [5.74, 6) is 1.25. The van der Waals surface area contributed by atoms with Gasteiger partial charge in [0.05, 0.1) is 22.3 Å². The number of fused-ring (bicyclic) bond motifs is 2. The van der Waals surface area contributed by atoms with E-state index in [1.54, 1.807) is 12.4 Å².